The van der Waals surface area contributed by atoms with Crippen molar-refractivity contribution >= 4 is 65.5 Å². The van der Waals surface area contributed by atoms with Crippen LogP contribution in [-0.2, 0) is 59.2 Å². The van der Waals surface area contributed by atoms with Gasteiger partial charge < -0.3 is 70.6 Å². The number of amides is 11. The molecule has 0 spiro atoms. The molecule has 0 aromatic heterocycles. The quantitative estimate of drug-likeness (QED) is 0.0335. The molecule has 17 N–H and O–H groups in total. The maximum Gasteiger partial charge on any atom is 0.244 e. The zero-order valence-electron chi connectivity index (χ0n) is 35.1. The molecule has 0 saturated heterocycles. The molecule has 0 aliphatic heterocycles. The summed E-state index contributed by atoms with van der Waals surface area (Å²) in [7, 11) is 0. The molecule has 0 unspecified atom stereocenters. The van der Waals surface area contributed by atoms with Crippen LogP contribution in [0.4, 0.5) is 0 Å². The van der Waals surface area contributed by atoms with E-state index in [1.807, 2.05) is 0 Å². The Bertz CT molecular complexity index is 1760. The molecule has 0 aliphatic carbocycles. The maximum atomic E-state index is 13.7. The van der Waals surface area contributed by atoms with Crippen molar-refractivity contribution < 1.29 is 57.8 Å². The molecule has 24 heteroatoms. The van der Waals surface area contributed by atoms with Crippen LogP contribution in [0.25, 0.3) is 0 Å². The molecule has 24 nitrogen and oxygen atoms in total. The Hall–Kier alpha value is -6.85. The number of aromatic hydroxyl groups is 1. The van der Waals surface area contributed by atoms with Crippen LogP contribution in [0.1, 0.15) is 65.4 Å². The first kappa shape index (κ1) is 53.2. The van der Waals surface area contributed by atoms with E-state index >= 15 is 0 Å². The molecule has 1 rings (SSSR count). The third-order valence-corrected chi connectivity index (χ3v) is 9.13. The molecular formula is C38H60N12O12. The molecule has 62 heavy (non-hydrogen) atoms. The number of phenolic OH excluding ortho intramolecular Hbond substituents is 1. The molecule has 0 aliphatic rings. The van der Waals surface area contributed by atoms with Crippen LogP contribution < -0.4 is 65.5 Å². The molecule has 0 heterocycles. The summed E-state index contributed by atoms with van der Waals surface area (Å²) in [5.74, 6) is -9.80. The Morgan fingerprint density at radius 2 is 1.23 bits per heavy atom. The van der Waals surface area contributed by atoms with Crippen LogP contribution in [0.15, 0.2) is 24.3 Å². The molecule has 0 bridgehead atoms. The lowest BCUT2D eigenvalue weighted by Gasteiger charge is -2.28. The van der Waals surface area contributed by atoms with Crippen molar-refractivity contribution in [3.05, 3.63) is 29.8 Å². The maximum absolute atomic E-state index is 13.7. The van der Waals surface area contributed by atoms with Gasteiger partial charge in [-0.1, -0.05) is 46.2 Å². The van der Waals surface area contributed by atoms with E-state index in [4.69, 9.17) is 22.9 Å². The highest BCUT2D eigenvalue weighted by molar-refractivity contribution is 5.98. The van der Waals surface area contributed by atoms with Crippen LogP contribution in [0.5, 0.6) is 5.75 Å². The topological polar surface area (TPSA) is 408 Å². The van der Waals surface area contributed by atoms with Crippen molar-refractivity contribution in [3.63, 3.8) is 0 Å². The molecule has 7 atom stereocenters. The number of phenols is 1. The number of primary amides is 3. The Kier molecular flexibility index (Phi) is 23.2. The molecule has 1 aromatic carbocycles. The fraction of sp³-hybridized carbons (Fsp3) is 0.553. The highest BCUT2D eigenvalue weighted by atomic mass is 16.3. The van der Waals surface area contributed by atoms with Gasteiger partial charge in [-0.3, -0.25) is 52.7 Å². The van der Waals surface area contributed by atoms with Crippen molar-refractivity contribution in [1.29, 1.82) is 0 Å². The summed E-state index contributed by atoms with van der Waals surface area (Å²) in [5, 5.41) is 28.3. The first-order valence-corrected chi connectivity index (χ1v) is 19.7. The van der Waals surface area contributed by atoms with E-state index in [0.717, 1.165) is 0 Å². The molecule has 0 saturated carbocycles. The minimum absolute atomic E-state index is 0.0106. The van der Waals surface area contributed by atoms with Crippen LogP contribution in [0.3, 0.4) is 0 Å². The van der Waals surface area contributed by atoms with E-state index in [1.54, 1.807) is 39.8 Å². The Balaban J connectivity index is 3.21. The smallest absolute Gasteiger partial charge is 0.244 e. The largest absolute Gasteiger partial charge is 0.508 e. The summed E-state index contributed by atoms with van der Waals surface area (Å²) in [4.78, 5) is 138. The van der Waals surface area contributed by atoms with Crippen LogP contribution in [0.2, 0.25) is 0 Å². The summed E-state index contributed by atoms with van der Waals surface area (Å²) in [6.07, 6.45) is -0.904. The standard InChI is InChI=1S/C38H60N12O12/c1-5-20(4)32(50-33(57)23(39)13-21-6-8-22(52)9-7-21)38(62)47-24(10-11-28(40)53)36(60)48-26(14-29(41)54)37(61)49-27(15-43-18-51)35(59)45-17-31(56)46-25(12-19(2)3)34(58)44-16-30(42)55/h6-9,18-20,23-27,32,52H,5,10-17,39H2,1-4H3,(H2,40,53)(H2,41,54)(H2,42,55)(H,43,51)(H,44,58)(H,45,59)(H,46,56)(H,47,62)(H,48,60)(H,49,61)(H,50,57)/t20-,23-,24-,25-,26-,27-,32-/m0/s1. The lowest BCUT2D eigenvalue weighted by molar-refractivity contribution is -0.136. The van der Waals surface area contributed by atoms with E-state index in [-0.39, 0.29) is 30.9 Å². The summed E-state index contributed by atoms with van der Waals surface area (Å²) in [5.41, 5.74) is 22.5. The number of carbonyl (C=O) groups is 11. The first-order chi connectivity index (χ1) is 29.1. The minimum Gasteiger partial charge on any atom is -0.508 e. The Labute approximate surface area is 357 Å². The average Bonchev–Trinajstić information content (AvgIpc) is 3.20. The van der Waals surface area contributed by atoms with E-state index in [1.165, 1.54) is 12.1 Å². The van der Waals surface area contributed by atoms with Gasteiger partial charge in [-0.15, -0.1) is 0 Å². The molecule has 0 fully saturated rings. The molecule has 344 valence electrons. The van der Waals surface area contributed by atoms with Gasteiger partial charge in [-0.25, -0.2) is 0 Å². The molecule has 0 radical (unpaired) electrons. The average molecular weight is 877 g/mol. The predicted molar refractivity (Wildman–Crippen MR) is 220 cm³/mol. The molecule has 11 amide bonds. The van der Waals surface area contributed by atoms with Gasteiger partial charge in [0.15, 0.2) is 0 Å². The van der Waals surface area contributed by atoms with Gasteiger partial charge in [0.2, 0.25) is 65.5 Å². The molecule has 1 aromatic rings. The van der Waals surface area contributed by atoms with Gasteiger partial charge >= 0.3 is 0 Å². The Morgan fingerprint density at radius 1 is 0.661 bits per heavy atom. The second kappa shape index (κ2) is 27.1. The number of nitrogens with two attached hydrogens (primary N) is 4. The third-order valence-electron chi connectivity index (χ3n) is 9.13. The number of benzene rings is 1. The number of hydrogen-bond donors (Lipinski definition) is 13. The van der Waals surface area contributed by atoms with Gasteiger partial charge in [0.25, 0.3) is 0 Å². The second-order valence-corrected chi connectivity index (χ2v) is 14.9. The van der Waals surface area contributed by atoms with Crippen LogP contribution in [-0.4, -0.2) is 126 Å². The van der Waals surface area contributed by atoms with Crippen molar-refractivity contribution in [1.82, 2.24) is 42.5 Å². The monoisotopic (exact) mass is 876 g/mol. The highest BCUT2D eigenvalue weighted by Crippen LogP contribution is 2.13. The van der Waals surface area contributed by atoms with Crippen molar-refractivity contribution in [3.8, 4) is 5.75 Å². The number of rotatable bonds is 29. The van der Waals surface area contributed by atoms with E-state index in [0.29, 0.717) is 12.0 Å². The van der Waals surface area contributed by atoms with E-state index < -0.39 is 140 Å². The Morgan fingerprint density at radius 3 is 1.77 bits per heavy atom. The van der Waals surface area contributed by atoms with Gasteiger partial charge in [0.05, 0.1) is 25.6 Å². The normalized spacial score (nSPS) is 14.2. The van der Waals surface area contributed by atoms with Gasteiger partial charge in [-0.2, -0.15) is 0 Å². The van der Waals surface area contributed by atoms with E-state index in [9.17, 15) is 57.8 Å². The second-order valence-electron chi connectivity index (χ2n) is 14.9. The van der Waals surface area contributed by atoms with Crippen LogP contribution >= 0.6 is 0 Å². The van der Waals surface area contributed by atoms with Crippen molar-refractivity contribution in [2.75, 3.05) is 19.6 Å². The first-order valence-electron chi connectivity index (χ1n) is 19.7. The number of nitrogens with one attached hydrogen (secondary N) is 8. The molecular weight excluding hydrogens is 816 g/mol. The fourth-order valence-corrected chi connectivity index (χ4v) is 5.62. The van der Waals surface area contributed by atoms with Gasteiger partial charge in [-0.05, 0) is 48.8 Å². The zero-order valence-corrected chi connectivity index (χ0v) is 35.1. The fourth-order valence-electron chi connectivity index (χ4n) is 5.62. The lowest BCUT2D eigenvalue weighted by Crippen LogP contribution is -2.61. The van der Waals surface area contributed by atoms with Crippen molar-refractivity contribution in [2.45, 2.75) is 102 Å². The van der Waals surface area contributed by atoms with E-state index in [2.05, 4.69) is 42.5 Å². The predicted octanol–water partition coefficient (Wildman–Crippen LogP) is -5.62. The summed E-state index contributed by atoms with van der Waals surface area (Å²) < 4.78 is 0. The number of carbonyl (C=O) groups excluding carboxylic acids is 11. The minimum atomic E-state index is -1.80. The number of hydrogen-bond acceptors (Lipinski definition) is 13. The third kappa shape index (κ3) is 20.4. The summed E-state index contributed by atoms with van der Waals surface area (Å²) in [6, 6.07) is -2.52. The van der Waals surface area contributed by atoms with Gasteiger partial charge in [0, 0.05) is 13.0 Å². The summed E-state index contributed by atoms with van der Waals surface area (Å²) >= 11 is 0. The lowest BCUT2D eigenvalue weighted by atomic mass is 9.96. The zero-order chi connectivity index (χ0) is 47.1. The highest BCUT2D eigenvalue weighted by Gasteiger charge is 2.34. The SMILES string of the molecule is CC[C@H](C)[C@H](NC(=O)[C@@H](N)Cc1ccc(O)cc1)C(=O)N[C@@H](CCC(N)=O)C(=O)N[C@@H](CC(N)=O)C(=O)N[C@@H](CNC=O)C(=O)NCC(=O)N[C@@H](CC(C)C)C(=O)NCC(N)=O. The van der Waals surface area contributed by atoms with Crippen molar-refractivity contribution in [2.24, 2.45) is 34.8 Å². The van der Waals surface area contributed by atoms with Gasteiger partial charge in [0.1, 0.15) is 36.0 Å². The van der Waals surface area contributed by atoms with Crippen LogP contribution in [0, 0.1) is 11.8 Å². The summed E-state index contributed by atoms with van der Waals surface area (Å²) in [6.45, 7) is 5.17.